The highest BCUT2D eigenvalue weighted by atomic mass is 16.7. The van der Waals surface area contributed by atoms with Gasteiger partial charge in [0.25, 0.3) is 0 Å². The minimum atomic E-state index is -0.407. The third-order valence-electron chi connectivity index (χ3n) is 4.93. The second-order valence-corrected chi connectivity index (χ2v) is 6.31. The van der Waals surface area contributed by atoms with Gasteiger partial charge in [-0.05, 0) is 38.0 Å². The van der Waals surface area contributed by atoms with Crippen LogP contribution in [0.2, 0.25) is 0 Å². The van der Waals surface area contributed by atoms with Gasteiger partial charge in [0.1, 0.15) is 5.41 Å². The van der Waals surface area contributed by atoms with Crippen LogP contribution in [0.1, 0.15) is 58.8 Å². The molecule has 1 aliphatic carbocycles. The third kappa shape index (κ3) is 3.49. The Morgan fingerprint density at radius 1 is 1.11 bits per heavy atom. The average molecular weight is 265 g/mol. The molecular weight excluding hydrogens is 238 g/mol. The molecule has 1 saturated carbocycles. The normalized spacial score (nSPS) is 39.7. The van der Waals surface area contributed by atoms with E-state index in [-0.39, 0.29) is 6.29 Å². The summed E-state index contributed by atoms with van der Waals surface area (Å²) in [4.78, 5) is 0. The molecule has 0 aromatic heterocycles. The Balaban J connectivity index is 1.78. The lowest BCUT2D eigenvalue weighted by Crippen LogP contribution is -2.44. The molecule has 19 heavy (non-hydrogen) atoms. The Morgan fingerprint density at radius 2 is 1.74 bits per heavy atom. The molecule has 0 aromatic carbocycles. The fourth-order valence-corrected chi connectivity index (χ4v) is 3.35. The second kappa shape index (κ2) is 6.72. The van der Waals surface area contributed by atoms with Gasteiger partial charge in [-0.25, -0.2) is 0 Å². The zero-order chi connectivity index (χ0) is 13.7. The second-order valence-electron chi connectivity index (χ2n) is 6.31. The Morgan fingerprint density at radius 3 is 2.21 bits per heavy atom. The van der Waals surface area contributed by atoms with E-state index < -0.39 is 5.41 Å². The van der Waals surface area contributed by atoms with Gasteiger partial charge in [-0.15, -0.1) is 0 Å². The predicted molar refractivity (Wildman–Crippen MR) is 74.4 cm³/mol. The van der Waals surface area contributed by atoms with Crippen LogP contribution in [0.3, 0.4) is 0 Å². The highest BCUT2D eigenvalue weighted by Crippen LogP contribution is 2.37. The topological polar surface area (TPSA) is 42.2 Å². The van der Waals surface area contributed by atoms with E-state index in [4.69, 9.17) is 9.47 Å². The molecule has 3 heteroatoms. The van der Waals surface area contributed by atoms with Crippen molar-refractivity contribution in [2.75, 3.05) is 13.2 Å². The van der Waals surface area contributed by atoms with Crippen molar-refractivity contribution >= 4 is 0 Å². The van der Waals surface area contributed by atoms with Crippen LogP contribution < -0.4 is 0 Å². The van der Waals surface area contributed by atoms with E-state index in [1.807, 2.05) is 6.92 Å². The van der Waals surface area contributed by atoms with Crippen LogP contribution in [-0.4, -0.2) is 19.5 Å². The van der Waals surface area contributed by atoms with Crippen LogP contribution in [0.15, 0.2) is 0 Å². The minimum absolute atomic E-state index is 0.0596. The molecular formula is C16H27NO2. The van der Waals surface area contributed by atoms with Crippen molar-refractivity contribution in [2.24, 2.45) is 17.3 Å². The Bertz CT molecular complexity index is 307. The van der Waals surface area contributed by atoms with E-state index >= 15 is 0 Å². The van der Waals surface area contributed by atoms with Gasteiger partial charge in [0, 0.05) is 5.92 Å². The van der Waals surface area contributed by atoms with E-state index in [1.165, 1.54) is 38.5 Å². The molecule has 2 fully saturated rings. The third-order valence-corrected chi connectivity index (χ3v) is 4.93. The van der Waals surface area contributed by atoms with Crippen LogP contribution >= 0.6 is 0 Å². The number of hydrogen-bond donors (Lipinski definition) is 0. The van der Waals surface area contributed by atoms with Crippen LogP contribution in [-0.2, 0) is 9.47 Å². The molecule has 3 nitrogen and oxygen atoms in total. The first-order valence-electron chi connectivity index (χ1n) is 7.87. The fraction of sp³-hybridized carbons (Fsp3) is 0.938. The summed E-state index contributed by atoms with van der Waals surface area (Å²) < 4.78 is 11.7. The molecule has 0 unspecified atom stereocenters. The number of rotatable bonds is 4. The first-order valence-corrected chi connectivity index (χ1v) is 7.87. The zero-order valence-electron chi connectivity index (χ0n) is 12.4. The monoisotopic (exact) mass is 265 g/mol. The molecule has 1 heterocycles. The number of nitriles is 1. The smallest absolute Gasteiger partial charge is 0.160 e. The molecule has 0 N–H and O–H groups in total. The van der Waals surface area contributed by atoms with E-state index in [0.29, 0.717) is 19.1 Å². The van der Waals surface area contributed by atoms with Crippen molar-refractivity contribution in [1.82, 2.24) is 0 Å². The summed E-state index contributed by atoms with van der Waals surface area (Å²) in [5.41, 5.74) is -0.407. The van der Waals surface area contributed by atoms with Gasteiger partial charge in [0.2, 0.25) is 0 Å². The number of nitrogens with zero attached hydrogens (tertiary/aromatic N) is 1. The van der Waals surface area contributed by atoms with Gasteiger partial charge in [0.15, 0.2) is 6.29 Å². The van der Waals surface area contributed by atoms with Crippen LogP contribution in [0.4, 0.5) is 0 Å². The molecule has 1 saturated heterocycles. The molecule has 2 rings (SSSR count). The van der Waals surface area contributed by atoms with E-state index in [9.17, 15) is 5.26 Å². The maximum Gasteiger partial charge on any atom is 0.160 e. The maximum absolute atomic E-state index is 9.22. The summed E-state index contributed by atoms with van der Waals surface area (Å²) in [6.45, 7) is 5.39. The molecule has 0 radical (unpaired) electrons. The highest BCUT2D eigenvalue weighted by molar-refractivity contribution is 5.00. The first kappa shape index (κ1) is 14.8. The standard InChI is InChI=1S/C16H27NO2/c1-3-5-13-6-8-14(9-7-13)15-18-11-16(4-2,10-17)12-19-15/h13-15H,3-9,11-12H2,1-2H3. The highest BCUT2D eigenvalue weighted by Gasteiger charge is 2.39. The molecule has 0 aromatic rings. The Kier molecular flexibility index (Phi) is 5.24. The van der Waals surface area contributed by atoms with Crippen molar-refractivity contribution in [3.05, 3.63) is 0 Å². The van der Waals surface area contributed by atoms with Gasteiger partial charge >= 0.3 is 0 Å². The first-order chi connectivity index (χ1) is 9.23. The molecule has 0 spiro atoms. The summed E-state index contributed by atoms with van der Waals surface area (Å²) in [7, 11) is 0. The Hall–Kier alpha value is -0.590. The molecule has 2 aliphatic rings. The van der Waals surface area contributed by atoms with Crippen molar-refractivity contribution in [3.63, 3.8) is 0 Å². The number of hydrogen-bond acceptors (Lipinski definition) is 3. The zero-order valence-corrected chi connectivity index (χ0v) is 12.4. The quantitative estimate of drug-likeness (QED) is 0.774. The van der Waals surface area contributed by atoms with E-state index in [0.717, 1.165) is 12.3 Å². The van der Waals surface area contributed by atoms with Crippen molar-refractivity contribution in [2.45, 2.75) is 65.1 Å². The predicted octanol–water partition coefficient (Wildman–Crippen LogP) is 3.89. The fourth-order valence-electron chi connectivity index (χ4n) is 3.35. The summed E-state index contributed by atoms with van der Waals surface area (Å²) >= 11 is 0. The van der Waals surface area contributed by atoms with Gasteiger partial charge < -0.3 is 9.47 Å². The molecule has 108 valence electrons. The van der Waals surface area contributed by atoms with Crippen LogP contribution in [0.5, 0.6) is 0 Å². The Labute approximate surface area is 117 Å². The SMILES string of the molecule is CCCC1CCC(C2OCC(C#N)(CC)CO2)CC1. The number of ether oxygens (including phenoxy) is 2. The molecule has 1 aliphatic heterocycles. The van der Waals surface area contributed by atoms with Gasteiger partial charge in [0.05, 0.1) is 19.3 Å². The molecule has 0 amide bonds. The van der Waals surface area contributed by atoms with Gasteiger partial charge in [-0.3, -0.25) is 0 Å². The van der Waals surface area contributed by atoms with Crippen LogP contribution in [0, 0.1) is 28.6 Å². The van der Waals surface area contributed by atoms with Crippen molar-refractivity contribution in [3.8, 4) is 6.07 Å². The van der Waals surface area contributed by atoms with Crippen molar-refractivity contribution in [1.29, 1.82) is 5.26 Å². The summed E-state index contributed by atoms with van der Waals surface area (Å²) in [6.07, 6.45) is 8.49. The van der Waals surface area contributed by atoms with Crippen LogP contribution in [0.25, 0.3) is 0 Å². The van der Waals surface area contributed by atoms with Crippen molar-refractivity contribution < 1.29 is 9.47 Å². The summed E-state index contributed by atoms with van der Waals surface area (Å²) in [5, 5.41) is 9.22. The van der Waals surface area contributed by atoms with Gasteiger partial charge in [-0.1, -0.05) is 26.7 Å². The van der Waals surface area contributed by atoms with Gasteiger partial charge in [-0.2, -0.15) is 5.26 Å². The van der Waals surface area contributed by atoms with E-state index in [2.05, 4.69) is 13.0 Å². The molecule has 0 bridgehead atoms. The lowest BCUT2D eigenvalue weighted by Gasteiger charge is -2.40. The lowest BCUT2D eigenvalue weighted by atomic mass is 9.79. The van der Waals surface area contributed by atoms with E-state index in [1.54, 1.807) is 0 Å². The maximum atomic E-state index is 9.22. The molecule has 0 atom stereocenters. The summed E-state index contributed by atoms with van der Waals surface area (Å²) in [5.74, 6) is 1.46. The summed E-state index contributed by atoms with van der Waals surface area (Å²) in [6, 6.07) is 2.36. The lowest BCUT2D eigenvalue weighted by molar-refractivity contribution is -0.243. The average Bonchev–Trinajstić information content (AvgIpc) is 2.49. The largest absolute Gasteiger partial charge is 0.351 e. The minimum Gasteiger partial charge on any atom is -0.351 e.